The van der Waals surface area contributed by atoms with Crippen molar-refractivity contribution in [2.24, 2.45) is 0 Å². The number of carbonyl (C=O) groups excluding carboxylic acids is 1. The number of nitrogens with one attached hydrogen (secondary N) is 1. The fraction of sp³-hybridized carbons (Fsp3) is 0.130. The summed E-state index contributed by atoms with van der Waals surface area (Å²) in [6.07, 6.45) is 0. The number of para-hydroxylation sites is 1. The van der Waals surface area contributed by atoms with E-state index in [4.69, 9.17) is 14.7 Å². The molecule has 0 aliphatic carbocycles. The lowest BCUT2D eigenvalue weighted by Gasteiger charge is -2.13. The lowest BCUT2D eigenvalue weighted by Crippen LogP contribution is -2.12. The number of hydrogen-bond acceptors (Lipinski definition) is 4. The number of nitriles is 1. The van der Waals surface area contributed by atoms with E-state index in [1.54, 1.807) is 30.3 Å². The van der Waals surface area contributed by atoms with E-state index in [1.165, 1.54) is 0 Å². The first-order valence-electron chi connectivity index (χ1n) is 8.94. The lowest BCUT2D eigenvalue weighted by atomic mass is 10.1. The van der Waals surface area contributed by atoms with Gasteiger partial charge in [0.25, 0.3) is 5.91 Å². The Balaban J connectivity index is 1.70. The molecule has 1 N–H and O–H groups in total. The van der Waals surface area contributed by atoms with Crippen LogP contribution in [-0.2, 0) is 6.61 Å². The maximum Gasteiger partial charge on any atom is 0.255 e. The van der Waals surface area contributed by atoms with Gasteiger partial charge in [-0.15, -0.1) is 0 Å². The maximum atomic E-state index is 12.4. The van der Waals surface area contributed by atoms with Crippen LogP contribution >= 0.6 is 0 Å². The first-order valence-corrected chi connectivity index (χ1v) is 8.94. The summed E-state index contributed by atoms with van der Waals surface area (Å²) >= 11 is 0. The van der Waals surface area contributed by atoms with Gasteiger partial charge in [0, 0.05) is 17.3 Å². The predicted molar refractivity (Wildman–Crippen MR) is 107 cm³/mol. The normalized spacial score (nSPS) is 10.0. The Kier molecular flexibility index (Phi) is 6.27. The highest BCUT2D eigenvalue weighted by Crippen LogP contribution is 2.29. The van der Waals surface area contributed by atoms with Gasteiger partial charge in [-0.1, -0.05) is 30.3 Å². The third-order valence-corrected chi connectivity index (χ3v) is 3.99. The number of benzene rings is 3. The van der Waals surface area contributed by atoms with Crippen LogP contribution in [0.3, 0.4) is 0 Å². The molecule has 28 heavy (non-hydrogen) atoms. The molecule has 0 fully saturated rings. The topological polar surface area (TPSA) is 71.3 Å². The number of ether oxygens (including phenoxy) is 2. The lowest BCUT2D eigenvalue weighted by molar-refractivity contribution is 0.102. The van der Waals surface area contributed by atoms with E-state index in [-0.39, 0.29) is 12.5 Å². The summed E-state index contributed by atoms with van der Waals surface area (Å²) in [5.74, 6) is 0.904. The molecule has 0 aliphatic heterocycles. The Morgan fingerprint density at radius 2 is 1.79 bits per heavy atom. The summed E-state index contributed by atoms with van der Waals surface area (Å²) in [4.78, 5) is 12.4. The van der Waals surface area contributed by atoms with Crippen LogP contribution in [0.2, 0.25) is 0 Å². The second-order valence-electron chi connectivity index (χ2n) is 6.02. The average molecular weight is 372 g/mol. The molecule has 0 aliphatic rings. The number of nitrogens with zero attached hydrogens (tertiary/aromatic N) is 1. The second-order valence-corrected chi connectivity index (χ2v) is 6.02. The molecule has 140 valence electrons. The van der Waals surface area contributed by atoms with Gasteiger partial charge in [0.15, 0.2) is 11.5 Å². The van der Waals surface area contributed by atoms with E-state index < -0.39 is 0 Å². The van der Waals surface area contributed by atoms with Gasteiger partial charge in [-0.2, -0.15) is 5.26 Å². The number of carbonyl (C=O) groups is 1. The minimum atomic E-state index is -0.179. The van der Waals surface area contributed by atoms with E-state index in [1.807, 2.05) is 49.4 Å². The molecule has 0 saturated heterocycles. The Morgan fingerprint density at radius 3 is 2.54 bits per heavy atom. The molecule has 0 heterocycles. The van der Waals surface area contributed by atoms with Crippen molar-refractivity contribution in [1.82, 2.24) is 0 Å². The molecular formula is C23H20N2O3. The summed E-state index contributed by atoms with van der Waals surface area (Å²) in [5, 5.41) is 11.9. The number of amides is 1. The van der Waals surface area contributed by atoms with Crippen molar-refractivity contribution in [3.63, 3.8) is 0 Å². The van der Waals surface area contributed by atoms with Gasteiger partial charge in [-0.25, -0.2) is 0 Å². The van der Waals surface area contributed by atoms with Crippen molar-refractivity contribution in [3.05, 3.63) is 89.5 Å². The van der Waals surface area contributed by atoms with Crippen molar-refractivity contribution < 1.29 is 14.3 Å². The van der Waals surface area contributed by atoms with Crippen LogP contribution in [0.15, 0.2) is 72.8 Å². The van der Waals surface area contributed by atoms with Gasteiger partial charge in [-0.3, -0.25) is 4.79 Å². The Labute approximate surface area is 164 Å². The largest absolute Gasteiger partial charge is 0.490 e. The highest BCUT2D eigenvalue weighted by Gasteiger charge is 2.09. The van der Waals surface area contributed by atoms with Crippen LogP contribution in [0.4, 0.5) is 5.69 Å². The first-order chi connectivity index (χ1) is 13.7. The van der Waals surface area contributed by atoms with Crippen LogP contribution in [0.5, 0.6) is 11.5 Å². The maximum absolute atomic E-state index is 12.4. The smallest absolute Gasteiger partial charge is 0.255 e. The van der Waals surface area contributed by atoms with Gasteiger partial charge in [-0.05, 0) is 48.9 Å². The molecular weight excluding hydrogens is 352 g/mol. The third-order valence-electron chi connectivity index (χ3n) is 3.99. The van der Waals surface area contributed by atoms with Crippen molar-refractivity contribution in [1.29, 1.82) is 5.26 Å². The highest BCUT2D eigenvalue weighted by atomic mass is 16.5. The van der Waals surface area contributed by atoms with E-state index in [9.17, 15) is 4.79 Å². The molecule has 3 aromatic carbocycles. The predicted octanol–water partition coefficient (Wildman–Crippen LogP) is 4.79. The van der Waals surface area contributed by atoms with E-state index in [2.05, 4.69) is 11.4 Å². The van der Waals surface area contributed by atoms with Crippen LogP contribution in [0.1, 0.15) is 28.4 Å². The summed E-state index contributed by atoms with van der Waals surface area (Å²) in [5.41, 5.74) is 2.66. The SMILES string of the molecule is CCOc1cc(C#N)ccc1OCc1cccc(C(=O)Nc2ccccc2)c1. The van der Waals surface area contributed by atoms with Gasteiger partial charge in [0.2, 0.25) is 0 Å². The molecule has 5 nitrogen and oxygen atoms in total. The summed E-state index contributed by atoms with van der Waals surface area (Å²) in [7, 11) is 0. The average Bonchev–Trinajstić information content (AvgIpc) is 2.74. The zero-order valence-electron chi connectivity index (χ0n) is 15.5. The fourth-order valence-electron chi connectivity index (χ4n) is 2.65. The molecule has 3 rings (SSSR count). The van der Waals surface area contributed by atoms with Gasteiger partial charge in [0.05, 0.1) is 18.2 Å². The molecule has 0 spiro atoms. The van der Waals surface area contributed by atoms with E-state index in [0.29, 0.717) is 29.2 Å². The monoisotopic (exact) mass is 372 g/mol. The fourth-order valence-corrected chi connectivity index (χ4v) is 2.65. The Morgan fingerprint density at radius 1 is 0.964 bits per heavy atom. The molecule has 0 aromatic heterocycles. The van der Waals surface area contributed by atoms with Crippen LogP contribution < -0.4 is 14.8 Å². The molecule has 0 bridgehead atoms. The van der Waals surface area contributed by atoms with Crippen LogP contribution in [-0.4, -0.2) is 12.5 Å². The van der Waals surface area contributed by atoms with Crippen LogP contribution in [0, 0.1) is 11.3 Å². The summed E-state index contributed by atoms with van der Waals surface area (Å²) in [6.45, 7) is 2.62. The molecule has 0 atom stereocenters. The molecule has 5 heteroatoms. The second kappa shape index (κ2) is 9.24. The number of hydrogen-bond donors (Lipinski definition) is 1. The van der Waals surface area contributed by atoms with Gasteiger partial charge < -0.3 is 14.8 Å². The molecule has 1 amide bonds. The van der Waals surface area contributed by atoms with E-state index in [0.717, 1.165) is 11.3 Å². The Hall–Kier alpha value is -3.78. The standard InChI is InChI=1S/C23H20N2O3/c1-2-27-22-14-17(15-24)11-12-21(22)28-16-18-7-6-8-19(13-18)23(26)25-20-9-4-3-5-10-20/h3-14H,2,16H2,1H3,(H,25,26). The van der Waals surface area contributed by atoms with Crippen molar-refractivity contribution >= 4 is 11.6 Å². The van der Waals surface area contributed by atoms with Crippen molar-refractivity contribution in [3.8, 4) is 17.6 Å². The minimum absolute atomic E-state index is 0.179. The summed E-state index contributed by atoms with van der Waals surface area (Å²) in [6, 6.07) is 23.7. The minimum Gasteiger partial charge on any atom is -0.490 e. The van der Waals surface area contributed by atoms with Gasteiger partial charge in [0.1, 0.15) is 6.61 Å². The zero-order valence-corrected chi connectivity index (χ0v) is 15.5. The van der Waals surface area contributed by atoms with E-state index >= 15 is 0 Å². The Bertz CT molecular complexity index is 994. The number of rotatable bonds is 7. The van der Waals surface area contributed by atoms with Crippen LogP contribution in [0.25, 0.3) is 0 Å². The van der Waals surface area contributed by atoms with Crippen molar-refractivity contribution in [2.75, 3.05) is 11.9 Å². The number of anilines is 1. The quantitative estimate of drug-likeness (QED) is 0.647. The molecule has 0 unspecified atom stereocenters. The summed E-state index contributed by atoms with van der Waals surface area (Å²) < 4.78 is 11.4. The van der Waals surface area contributed by atoms with Gasteiger partial charge >= 0.3 is 0 Å². The highest BCUT2D eigenvalue weighted by molar-refractivity contribution is 6.04. The van der Waals surface area contributed by atoms with Crippen molar-refractivity contribution in [2.45, 2.75) is 13.5 Å². The zero-order chi connectivity index (χ0) is 19.8. The molecule has 0 radical (unpaired) electrons. The third kappa shape index (κ3) is 4.89. The molecule has 3 aromatic rings. The first kappa shape index (κ1) is 19.0. The molecule has 0 saturated carbocycles.